The number of rotatable bonds is 0. The Morgan fingerprint density at radius 2 is 2.40 bits per heavy atom. The van der Waals surface area contributed by atoms with Crippen molar-refractivity contribution >= 4 is 17.2 Å². The summed E-state index contributed by atoms with van der Waals surface area (Å²) in [5.74, 6) is 0. The van der Waals surface area contributed by atoms with Gasteiger partial charge in [0.05, 0.1) is 16.4 Å². The Balaban J connectivity index is 2.37. The minimum atomic E-state index is 0.740. The molecule has 15 heavy (non-hydrogen) atoms. The lowest BCUT2D eigenvalue weighted by atomic mass is 10.2. The Hall–Kier alpha value is -1.06. The van der Waals surface area contributed by atoms with Crippen molar-refractivity contribution in [2.75, 3.05) is 6.54 Å². The largest absolute Gasteiger partial charge is 0.311 e. The maximum Gasteiger partial charge on any atom is 0.156 e. The molecule has 2 aromatic rings. The highest BCUT2D eigenvalue weighted by Gasteiger charge is 2.16. The van der Waals surface area contributed by atoms with Crippen molar-refractivity contribution in [3.05, 3.63) is 34.2 Å². The number of pyridine rings is 1. The van der Waals surface area contributed by atoms with E-state index in [2.05, 4.69) is 20.9 Å². The fourth-order valence-corrected chi connectivity index (χ4v) is 2.43. The van der Waals surface area contributed by atoms with Gasteiger partial charge in [0.15, 0.2) is 5.65 Å². The Bertz CT molecular complexity index is 530. The molecule has 4 heteroatoms. The quantitative estimate of drug-likeness (QED) is 0.737. The molecule has 0 amide bonds. The van der Waals surface area contributed by atoms with Gasteiger partial charge in [0.2, 0.25) is 0 Å². The van der Waals surface area contributed by atoms with Crippen LogP contribution in [0.3, 0.4) is 0 Å². The van der Waals surface area contributed by atoms with Crippen molar-refractivity contribution in [1.82, 2.24) is 14.7 Å². The summed E-state index contributed by atoms with van der Waals surface area (Å²) in [5.41, 5.74) is 4.48. The van der Waals surface area contributed by atoms with E-state index in [4.69, 9.17) is 11.6 Å². The van der Waals surface area contributed by atoms with Crippen molar-refractivity contribution in [3.63, 3.8) is 0 Å². The molecule has 0 aromatic carbocycles. The first-order chi connectivity index (χ1) is 7.25. The second kappa shape index (κ2) is 3.22. The number of imidazole rings is 1. The van der Waals surface area contributed by atoms with Crippen LogP contribution in [0.25, 0.3) is 5.65 Å². The highest BCUT2D eigenvalue weighted by molar-refractivity contribution is 6.33. The lowest BCUT2D eigenvalue weighted by Crippen LogP contribution is -2.24. The molecular formula is C11H12ClN3. The highest BCUT2D eigenvalue weighted by Crippen LogP contribution is 2.23. The number of nitrogens with zero attached hydrogens (tertiary/aromatic N) is 2. The standard InChI is InChI=1S/C11H12ClN3/c1-7-4-8(12)11-14-9-2-3-13-5-10(9)15(11)6-7/h4,6,13H,2-3,5H2,1H3. The molecule has 0 aliphatic carbocycles. The fourth-order valence-electron chi connectivity index (χ4n) is 2.13. The molecule has 78 valence electrons. The number of fused-ring (bicyclic) bond motifs is 3. The molecule has 0 unspecified atom stereocenters. The second-order valence-corrected chi connectivity index (χ2v) is 4.40. The van der Waals surface area contributed by atoms with E-state index < -0.39 is 0 Å². The first-order valence-electron chi connectivity index (χ1n) is 5.12. The zero-order valence-corrected chi connectivity index (χ0v) is 9.30. The van der Waals surface area contributed by atoms with Gasteiger partial charge in [0, 0.05) is 25.7 Å². The molecule has 0 saturated heterocycles. The van der Waals surface area contributed by atoms with Crippen LogP contribution in [0.5, 0.6) is 0 Å². The molecule has 3 rings (SSSR count). The maximum atomic E-state index is 6.18. The normalized spacial score (nSPS) is 15.6. The molecule has 3 nitrogen and oxygen atoms in total. The number of halogens is 1. The minimum absolute atomic E-state index is 0.740. The lowest BCUT2D eigenvalue weighted by molar-refractivity contribution is 0.621. The van der Waals surface area contributed by atoms with Crippen molar-refractivity contribution in [2.24, 2.45) is 0 Å². The smallest absolute Gasteiger partial charge is 0.156 e. The summed E-state index contributed by atoms with van der Waals surface area (Å²) in [6.07, 6.45) is 3.09. The van der Waals surface area contributed by atoms with E-state index >= 15 is 0 Å². The van der Waals surface area contributed by atoms with Crippen molar-refractivity contribution in [3.8, 4) is 0 Å². The van der Waals surface area contributed by atoms with Crippen LogP contribution in [0, 0.1) is 6.92 Å². The summed E-state index contributed by atoms with van der Waals surface area (Å²) in [6, 6.07) is 1.96. The van der Waals surface area contributed by atoms with Gasteiger partial charge in [-0.05, 0) is 18.6 Å². The van der Waals surface area contributed by atoms with Crippen molar-refractivity contribution in [1.29, 1.82) is 0 Å². The average molecular weight is 222 g/mol. The van der Waals surface area contributed by atoms with Crippen molar-refractivity contribution < 1.29 is 0 Å². The Morgan fingerprint density at radius 3 is 3.27 bits per heavy atom. The van der Waals surface area contributed by atoms with Gasteiger partial charge in [-0.2, -0.15) is 0 Å². The molecular weight excluding hydrogens is 210 g/mol. The summed E-state index contributed by atoms with van der Waals surface area (Å²) in [6.45, 7) is 3.94. The molecule has 3 heterocycles. The average Bonchev–Trinajstić information content (AvgIpc) is 2.57. The van der Waals surface area contributed by atoms with Crippen molar-refractivity contribution in [2.45, 2.75) is 19.9 Å². The molecule has 0 fully saturated rings. The Labute approximate surface area is 93.1 Å². The van der Waals surface area contributed by atoms with E-state index in [1.54, 1.807) is 0 Å². The third-order valence-electron chi connectivity index (χ3n) is 2.82. The number of aryl methyl sites for hydroxylation is 1. The molecule has 0 radical (unpaired) electrons. The van der Waals surface area contributed by atoms with E-state index in [9.17, 15) is 0 Å². The molecule has 1 N–H and O–H groups in total. The summed E-state index contributed by atoms with van der Waals surface area (Å²) in [5, 5.41) is 4.09. The molecule has 0 atom stereocenters. The van der Waals surface area contributed by atoms with Gasteiger partial charge in [-0.1, -0.05) is 11.6 Å². The lowest BCUT2D eigenvalue weighted by Gasteiger charge is -2.12. The molecule has 0 spiro atoms. The fraction of sp³-hybridized carbons (Fsp3) is 0.364. The summed E-state index contributed by atoms with van der Waals surface area (Å²) in [7, 11) is 0. The van der Waals surface area contributed by atoms with Gasteiger partial charge < -0.3 is 9.72 Å². The highest BCUT2D eigenvalue weighted by atomic mass is 35.5. The van der Waals surface area contributed by atoms with Crippen LogP contribution < -0.4 is 5.32 Å². The molecule has 1 aliphatic heterocycles. The van der Waals surface area contributed by atoms with Crippen LogP contribution >= 0.6 is 11.6 Å². The zero-order chi connectivity index (χ0) is 10.4. The predicted molar refractivity (Wildman–Crippen MR) is 60.3 cm³/mol. The SMILES string of the molecule is Cc1cc(Cl)c2nc3c(n2c1)CNCC3. The first-order valence-corrected chi connectivity index (χ1v) is 5.50. The van der Waals surface area contributed by atoms with Crippen LogP contribution in [0.2, 0.25) is 5.02 Å². The van der Waals surface area contributed by atoms with Crippen LogP contribution in [0.15, 0.2) is 12.3 Å². The van der Waals surface area contributed by atoms with Gasteiger partial charge in [-0.25, -0.2) is 4.98 Å². The Kier molecular flexibility index (Phi) is 1.97. The van der Waals surface area contributed by atoms with Crippen LogP contribution in [-0.2, 0) is 13.0 Å². The second-order valence-electron chi connectivity index (χ2n) is 3.99. The van der Waals surface area contributed by atoms with E-state index in [-0.39, 0.29) is 0 Å². The number of hydrogen-bond donors (Lipinski definition) is 1. The molecule has 2 aromatic heterocycles. The minimum Gasteiger partial charge on any atom is -0.311 e. The van der Waals surface area contributed by atoms with Gasteiger partial charge in [0.25, 0.3) is 0 Å². The van der Waals surface area contributed by atoms with Gasteiger partial charge in [-0.15, -0.1) is 0 Å². The summed E-state index contributed by atoms with van der Waals surface area (Å²) >= 11 is 6.18. The van der Waals surface area contributed by atoms with E-state index in [1.165, 1.54) is 17.0 Å². The molecule has 1 aliphatic rings. The van der Waals surface area contributed by atoms with Crippen LogP contribution in [-0.4, -0.2) is 15.9 Å². The predicted octanol–water partition coefficient (Wildman–Crippen LogP) is 1.94. The van der Waals surface area contributed by atoms with Gasteiger partial charge in [0.1, 0.15) is 0 Å². The number of hydrogen-bond acceptors (Lipinski definition) is 2. The van der Waals surface area contributed by atoms with Gasteiger partial charge >= 0.3 is 0 Å². The number of nitrogens with one attached hydrogen (secondary N) is 1. The zero-order valence-electron chi connectivity index (χ0n) is 8.55. The van der Waals surface area contributed by atoms with Crippen LogP contribution in [0.1, 0.15) is 17.0 Å². The van der Waals surface area contributed by atoms with E-state index in [0.717, 1.165) is 30.2 Å². The van der Waals surface area contributed by atoms with Crippen LogP contribution in [0.4, 0.5) is 0 Å². The topological polar surface area (TPSA) is 29.3 Å². The van der Waals surface area contributed by atoms with E-state index in [0.29, 0.717) is 0 Å². The summed E-state index contributed by atoms with van der Waals surface area (Å²) in [4.78, 5) is 4.58. The first kappa shape index (κ1) is 9.19. The van der Waals surface area contributed by atoms with E-state index in [1.807, 2.05) is 13.0 Å². The maximum absolute atomic E-state index is 6.18. The Morgan fingerprint density at radius 1 is 1.53 bits per heavy atom. The monoisotopic (exact) mass is 221 g/mol. The summed E-state index contributed by atoms with van der Waals surface area (Å²) < 4.78 is 2.11. The molecule has 0 saturated carbocycles. The number of aromatic nitrogens is 2. The van der Waals surface area contributed by atoms with Gasteiger partial charge in [-0.3, -0.25) is 0 Å². The third kappa shape index (κ3) is 1.34. The third-order valence-corrected chi connectivity index (χ3v) is 3.10. The molecule has 0 bridgehead atoms.